The highest BCUT2D eigenvalue weighted by Gasteiger charge is 2.21. The summed E-state index contributed by atoms with van der Waals surface area (Å²) in [6.07, 6.45) is 3.83. The van der Waals surface area contributed by atoms with E-state index in [9.17, 15) is 4.79 Å². The van der Waals surface area contributed by atoms with Gasteiger partial charge in [-0.1, -0.05) is 17.7 Å². The quantitative estimate of drug-likeness (QED) is 0.405. The molecule has 0 radical (unpaired) electrons. The zero-order chi connectivity index (χ0) is 22.8. The van der Waals surface area contributed by atoms with Gasteiger partial charge in [0.25, 0.3) is 0 Å². The summed E-state index contributed by atoms with van der Waals surface area (Å²) in [6.45, 7) is 2.39. The molecule has 1 fully saturated rings. The Kier molecular flexibility index (Phi) is 5.88. The summed E-state index contributed by atoms with van der Waals surface area (Å²) < 4.78 is 5.86. The van der Waals surface area contributed by atoms with Crippen LogP contribution in [0.25, 0.3) is 22.4 Å². The van der Waals surface area contributed by atoms with Crippen molar-refractivity contribution in [2.24, 2.45) is 5.92 Å². The third-order valence-corrected chi connectivity index (χ3v) is 6.21. The highest BCUT2D eigenvalue weighted by molar-refractivity contribution is 6.31. The lowest BCUT2D eigenvalue weighted by atomic mass is 9.98. The van der Waals surface area contributed by atoms with Crippen molar-refractivity contribution in [3.63, 3.8) is 0 Å². The molecule has 2 N–H and O–H groups in total. The molecule has 5 rings (SSSR count). The number of piperidine rings is 1. The fraction of sp³-hybridized carbons (Fsp3) is 0.240. The van der Waals surface area contributed by atoms with Crippen molar-refractivity contribution in [2.45, 2.75) is 12.8 Å². The smallest absolute Gasteiger partial charge is 0.335 e. The van der Waals surface area contributed by atoms with Crippen LogP contribution >= 0.6 is 11.6 Å². The van der Waals surface area contributed by atoms with Gasteiger partial charge in [0.1, 0.15) is 17.4 Å². The van der Waals surface area contributed by atoms with Crippen molar-refractivity contribution < 1.29 is 14.6 Å². The van der Waals surface area contributed by atoms with Gasteiger partial charge in [0.2, 0.25) is 0 Å². The Hall–Kier alpha value is -3.58. The van der Waals surface area contributed by atoms with Gasteiger partial charge < -0.3 is 19.7 Å². The van der Waals surface area contributed by atoms with Gasteiger partial charge in [-0.2, -0.15) is 0 Å². The monoisotopic (exact) mass is 462 g/mol. The third-order valence-electron chi connectivity index (χ3n) is 5.97. The lowest BCUT2D eigenvalue weighted by molar-refractivity contribution is 0.0696. The number of hydrogen-bond donors (Lipinski definition) is 2. The minimum atomic E-state index is -0.947. The number of nitrogens with one attached hydrogen (secondary N) is 1. The Labute approximate surface area is 196 Å². The molecule has 0 bridgehead atoms. The highest BCUT2D eigenvalue weighted by atomic mass is 35.5. The van der Waals surface area contributed by atoms with Gasteiger partial charge >= 0.3 is 5.97 Å². The van der Waals surface area contributed by atoms with E-state index in [4.69, 9.17) is 21.4 Å². The molecule has 0 spiro atoms. The molecule has 0 amide bonds. The number of aromatic nitrogens is 3. The average Bonchev–Trinajstić information content (AvgIpc) is 3.26. The maximum Gasteiger partial charge on any atom is 0.335 e. The lowest BCUT2D eigenvalue weighted by Gasteiger charge is -2.32. The van der Waals surface area contributed by atoms with Crippen LogP contribution in [-0.4, -0.2) is 45.7 Å². The molecule has 1 saturated heterocycles. The van der Waals surface area contributed by atoms with Crippen LogP contribution in [0.15, 0.2) is 60.8 Å². The summed E-state index contributed by atoms with van der Waals surface area (Å²) in [5.74, 6) is 1.80. The molecule has 168 valence electrons. The summed E-state index contributed by atoms with van der Waals surface area (Å²) in [5, 5.41) is 9.78. The number of halogens is 1. The first kappa shape index (κ1) is 21.3. The van der Waals surface area contributed by atoms with Gasteiger partial charge in [-0.25, -0.2) is 14.8 Å². The van der Waals surface area contributed by atoms with Crippen LogP contribution < -0.4 is 9.64 Å². The van der Waals surface area contributed by atoms with Gasteiger partial charge in [0, 0.05) is 29.9 Å². The molecule has 0 unspecified atom stereocenters. The van der Waals surface area contributed by atoms with Gasteiger partial charge in [0.05, 0.1) is 23.2 Å². The number of carbonyl (C=O) groups is 1. The third kappa shape index (κ3) is 4.78. The maximum atomic E-state index is 11.1. The van der Waals surface area contributed by atoms with Crippen LogP contribution in [-0.2, 0) is 0 Å². The molecule has 0 aliphatic carbocycles. The molecule has 1 aliphatic heterocycles. The summed E-state index contributed by atoms with van der Waals surface area (Å²) in [5.41, 5.74) is 2.94. The number of aromatic amines is 1. The number of aromatic carboxylic acids is 1. The van der Waals surface area contributed by atoms with E-state index >= 15 is 0 Å². The van der Waals surface area contributed by atoms with E-state index in [1.165, 1.54) is 0 Å². The molecule has 2 aromatic carbocycles. The zero-order valence-corrected chi connectivity index (χ0v) is 18.6. The summed E-state index contributed by atoms with van der Waals surface area (Å²) >= 11 is 6.06. The largest absolute Gasteiger partial charge is 0.493 e. The fourth-order valence-corrected chi connectivity index (χ4v) is 4.26. The minimum absolute atomic E-state index is 0.239. The van der Waals surface area contributed by atoms with Crippen LogP contribution in [0.5, 0.6) is 5.75 Å². The van der Waals surface area contributed by atoms with Crippen molar-refractivity contribution in [2.75, 3.05) is 24.6 Å². The SMILES string of the molecule is O=C(O)c1cccc(OCC2CCN(c3ccc(-c4nc5cc(Cl)ccc5[nH]4)cn3)CC2)c1. The molecule has 8 heteroatoms. The Morgan fingerprint density at radius 3 is 2.76 bits per heavy atom. The molecular formula is C25H23ClN4O3. The van der Waals surface area contributed by atoms with Crippen LogP contribution in [0.3, 0.4) is 0 Å². The van der Waals surface area contributed by atoms with Crippen molar-refractivity contribution in [1.82, 2.24) is 15.0 Å². The predicted octanol–water partition coefficient (Wildman–Crippen LogP) is 5.27. The second kappa shape index (κ2) is 9.11. The minimum Gasteiger partial charge on any atom is -0.493 e. The number of carboxylic acid groups (broad SMARTS) is 1. The Morgan fingerprint density at radius 1 is 1.15 bits per heavy atom. The Bertz CT molecular complexity index is 1280. The molecular weight excluding hydrogens is 440 g/mol. The van der Waals surface area contributed by atoms with E-state index in [2.05, 4.69) is 19.9 Å². The van der Waals surface area contributed by atoms with Crippen molar-refractivity contribution in [3.05, 3.63) is 71.4 Å². The molecule has 33 heavy (non-hydrogen) atoms. The van der Waals surface area contributed by atoms with Gasteiger partial charge in [-0.15, -0.1) is 0 Å². The van der Waals surface area contributed by atoms with Crippen LogP contribution in [0.4, 0.5) is 5.82 Å². The number of anilines is 1. The van der Waals surface area contributed by atoms with E-state index < -0.39 is 5.97 Å². The summed E-state index contributed by atoms with van der Waals surface area (Å²) in [4.78, 5) is 26.0. The number of benzene rings is 2. The standard InChI is InChI=1S/C25H23ClN4O3/c26-19-5-6-21-22(13-19)29-24(28-21)18-4-7-23(27-14-18)30-10-8-16(9-11-30)15-33-20-3-1-2-17(12-20)25(31)32/h1-7,12-14,16H,8-11,15H2,(H,28,29)(H,31,32). The number of rotatable bonds is 6. The maximum absolute atomic E-state index is 11.1. The van der Waals surface area contributed by atoms with Gasteiger partial charge in [0.15, 0.2) is 0 Å². The number of fused-ring (bicyclic) bond motifs is 1. The Balaban J connectivity index is 1.17. The number of ether oxygens (including phenoxy) is 1. The second-order valence-corrected chi connectivity index (χ2v) is 8.66. The Morgan fingerprint density at radius 2 is 2.00 bits per heavy atom. The van der Waals surface area contributed by atoms with Crippen LogP contribution in [0.2, 0.25) is 5.02 Å². The molecule has 3 heterocycles. The number of hydrogen-bond acceptors (Lipinski definition) is 5. The number of nitrogens with zero attached hydrogens (tertiary/aromatic N) is 3. The van der Waals surface area contributed by atoms with E-state index in [0.29, 0.717) is 23.3 Å². The zero-order valence-electron chi connectivity index (χ0n) is 17.9. The van der Waals surface area contributed by atoms with Gasteiger partial charge in [-0.05, 0) is 67.3 Å². The van der Waals surface area contributed by atoms with Crippen molar-refractivity contribution >= 4 is 34.4 Å². The molecule has 0 atom stereocenters. The van der Waals surface area contributed by atoms with E-state index in [1.807, 2.05) is 36.5 Å². The molecule has 0 saturated carbocycles. The van der Waals surface area contributed by atoms with Gasteiger partial charge in [-0.3, -0.25) is 0 Å². The normalized spacial score (nSPS) is 14.5. The highest BCUT2D eigenvalue weighted by Crippen LogP contribution is 2.26. The first-order valence-corrected chi connectivity index (χ1v) is 11.3. The number of H-pyrrole nitrogens is 1. The first-order chi connectivity index (χ1) is 16.0. The summed E-state index contributed by atoms with van der Waals surface area (Å²) in [7, 11) is 0. The first-order valence-electron chi connectivity index (χ1n) is 10.9. The molecule has 1 aliphatic rings. The van der Waals surface area contributed by atoms with E-state index in [-0.39, 0.29) is 5.56 Å². The fourth-order valence-electron chi connectivity index (χ4n) is 4.09. The second-order valence-electron chi connectivity index (χ2n) is 8.23. The average molecular weight is 463 g/mol. The van der Waals surface area contributed by atoms with Crippen LogP contribution in [0, 0.1) is 5.92 Å². The number of carboxylic acids is 1. The number of imidazole rings is 1. The topological polar surface area (TPSA) is 91.3 Å². The summed E-state index contributed by atoms with van der Waals surface area (Å²) in [6, 6.07) is 16.3. The molecule has 7 nitrogen and oxygen atoms in total. The molecule has 2 aromatic heterocycles. The predicted molar refractivity (Wildman–Crippen MR) is 128 cm³/mol. The number of pyridine rings is 1. The molecule has 4 aromatic rings. The van der Waals surface area contributed by atoms with Crippen molar-refractivity contribution in [3.8, 4) is 17.1 Å². The van der Waals surface area contributed by atoms with Crippen LogP contribution in [0.1, 0.15) is 23.2 Å². The van der Waals surface area contributed by atoms with E-state index in [0.717, 1.165) is 54.2 Å². The van der Waals surface area contributed by atoms with Crippen molar-refractivity contribution in [1.29, 1.82) is 0 Å². The lowest BCUT2D eigenvalue weighted by Crippen LogP contribution is -2.36. The van der Waals surface area contributed by atoms with E-state index in [1.54, 1.807) is 24.3 Å².